The molecular formula is C12H11BrFN3O2. The van der Waals surface area contributed by atoms with E-state index in [1.54, 1.807) is 16.9 Å². The summed E-state index contributed by atoms with van der Waals surface area (Å²) in [7, 11) is 0. The Hall–Kier alpha value is -1.76. The highest BCUT2D eigenvalue weighted by Gasteiger charge is 2.07. The molecule has 0 saturated heterocycles. The van der Waals surface area contributed by atoms with Crippen LogP contribution in [0, 0.1) is 5.82 Å². The zero-order valence-corrected chi connectivity index (χ0v) is 11.5. The van der Waals surface area contributed by atoms with Gasteiger partial charge in [-0.15, -0.1) is 5.10 Å². The molecule has 100 valence electrons. The summed E-state index contributed by atoms with van der Waals surface area (Å²) in [6.45, 7) is 0.373. The van der Waals surface area contributed by atoms with Gasteiger partial charge >= 0.3 is 5.97 Å². The molecule has 2 rings (SSSR count). The van der Waals surface area contributed by atoms with Crippen LogP contribution in [0.4, 0.5) is 4.39 Å². The molecule has 0 saturated carbocycles. The monoisotopic (exact) mass is 327 g/mol. The average Bonchev–Trinajstić information content (AvgIpc) is 2.79. The second-order valence-electron chi connectivity index (χ2n) is 4.04. The number of carbonyl (C=O) groups is 1. The van der Waals surface area contributed by atoms with Gasteiger partial charge in [-0.2, -0.15) is 0 Å². The smallest absolute Gasteiger partial charge is 0.303 e. The summed E-state index contributed by atoms with van der Waals surface area (Å²) >= 11 is 3.34. The van der Waals surface area contributed by atoms with Crippen LogP contribution in [0.25, 0.3) is 0 Å². The first-order chi connectivity index (χ1) is 9.04. The topological polar surface area (TPSA) is 68.0 Å². The minimum Gasteiger partial charge on any atom is -0.481 e. The molecule has 1 N–H and O–H groups in total. The van der Waals surface area contributed by atoms with Crippen molar-refractivity contribution in [1.82, 2.24) is 15.0 Å². The Morgan fingerprint density at radius 2 is 2.26 bits per heavy atom. The highest BCUT2D eigenvalue weighted by molar-refractivity contribution is 9.10. The van der Waals surface area contributed by atoms with Gasteiger partial charge in [0.05, 0.1) is 18.7 Å². The van der Waals surface area contributed by atoms with Gasteiger partial charge in [0.2, 0.25) is 0 Å². The molecule has 1 aromatic carbocycles. The van der Waals surface area contributed by atoms with E-state index in [9.17, 15) is 9.18 Å². The molecule has 0 aliphatic heterocycles. The third kappa shape index (κ3) is 3.85. The third-order valence-corrected chi connectivity index (χ3v) is 3.29. The standard InChI is InChI=1S/C12H11BrFN3O2/c13-11-3-1-9(14)5-8(11)6-17-7-10(15-16-17)2-4-12(18)19/h1,3,5,7H,2,4,6H2,(H,18,19). The van der Waals surface area contributed by atoms with Crippen molar-refractivity contribution in [2.45, 2.75) is 19.4 Å². The van der Waals surface area contributed by atoms with E-state index in [1.165, 1.54) is 12.1 Å². The molecule has 7 heteroatoms. The number of hydrogen-bond donors (Lipinski definition) is 1. The number of aryl methyl sites for hydroxylation is 1. The van der Waals surface area contributed by atoms with Crippen LogP contribution in [0.2, 0.25) is 0 Å². The molecule has 0 atom stereocenters. The Morgan fingerprint density at radius 1 is 1.47 bits per heavy atom. The second-order valence-corrected chi connectivity index (χ2v) is 4.89. The van der Waals surface area contributed by atoms with Crippen LogP contribution in [0.1, 0.15) is 17.7 Å². The van der Waals surface area contributed by atoms with E-state index in [-0.39, 0.29) is 12.2 Å². The number of halogens is 2. The van der Waals surface area contributed by atoms with Crippen molar-refractivity contribution in [3.63, 3.8) is 0 Å². The Bertz CT molecular complexity index is 600. The Morgan fingerprint density at radius 3 is 3.00 bits per heavy atom. The minimum atomic E-state index is -0.873. The van der Waals surface area contributed by atoms with Crippen molar-refractivity contribution >= 4 is 21.9 Å². The van der Waals surface area contributed by atoms with Crippen LogP contribution in [0.5, 0.6) is 0 Å². The fraction of sp³-hybridized carbons (Fsp3) is 0.250. The first-order valence-electron chi connectivity index (χ1n) is 5.59. The van der Waals surface area contributed by atoms with Crippen molar-refractivity contribution in [1.29, 1.82) is 0 Å². The maximum absolute atomic E-state index is 13.1. The van der Waals surface area contributed by atoms with Crippen LogP contribution in [-0.2, 0) is 17.8 Å². The minimum absolute atomic E-state index is 0.0162. The highest BCUT2D eigenvalue weighted by atomic mass is 79.9. The fourth-order valence-electron chi connectivity index (χ4n) is 1.60. The van der Waals surface area contributed by atoms with E-state index in [0.29, 0.717) is 18.7 Å². The van der Waals surface area contributed by atoms with Gasteiger partial charge in [0.25, 0.3) is 0 Å². The van der Waals surface area contributed by atoms with E-state index in [0.717, 1.165) is 10.0 Å². The zero-order valence-electron chi connectivity index (χ0n) is 9.88. The fourth-order valence-corrected chi connectivity index (χ4v) is 1.98. The number of carboxylic acid groups (broad SMARTS) is 1. The number of benzene rings is 1. The maximum Gasteiger partial charge on any atom is 0.303 e. The summed E-state index contributed by atoms with van der Waals surface area (Å²) in [5.74, 6) is -1.19. The number of hydrogen-bond acceptors (Lipinski definition) is 3. The maximum atomic E-state index is 13.1. The van der Waals surface area contributed by atoms with E-state index in [2.05, 4.69) is 26.2 Å². The quantitative estimate of drug-likeness (QED) is 0.914. The van der Waals surface area contributed by atoms with Crippen molar-refractivity contribution in [3.05, 3.63) is 45.9 Å². The van der Waals surface area contributed by atoms with Gasteiger partial charge in [-0.05, 0) is 23.8 Å². The Kier molecular flexibility index (Phi) is 4.26. The first kappa shape index (κ1) is 13.7. The van der Waals surface area contributed by atoms with Gasteiger partial charge < -0.3 is 5.11 Å². The van der Waals surface area contributed by atoms with E-state index in [1.807, 2.05) is 0 Å². The van der Waals surface area contributed by atoms with Gasteiger partial charge in [0.15, 0.2) is 0 Å². The Labute approximate surface area is 117 Å². The van der Waals surface area contributed by atoms with Crippen molar-refractivity contribution in [2.24, 2.45) is 0 Å². The largest absolute Gasteiger partial charge is 0.481 e. The SMILES string of the molecule is O=C(O)CCc1cn(Cc2cc(F)ccc2Br)nn1. The van der Waals surface area contributed by atoms with Crippen LogP contribution in [0.15, 0.2) is 28.9 Å². The van der Waals surface area contributed by atoms with Gasteiger partial charge in [0.1, 0.15) is 5.82 Å². The first-order valence-corrected chi connectivity index (χ1v) is 6.38. The van der Waals surface area contributed by atoms with Crippen LogP contribution >= 0.6 is 15.9 Å². The molecular weight excluding hydrogens is 317 g/mol. The molecule has 0 amide bonds. The van der Waals surface area contributed by atoms with Gasteiger partial charge in [-0.3, -0.25) is 4.79 Å². The van der Waals surface area contributed by atoms with Crippen LogP contribution in [0.3, 0.4) is 0 Å². The molecule has 0 spiro atoms. The average molecular weight is 328 g/mol. The second kappa shape index (κ2) is 5.92. The van der Waals surface area contributed by atoms with Crippen LogP contribution < -0.4 is 0 Å². The molecule has 0 fully saturated rings. The van der Waals surface area contributed by atoms with Gasteiger partial charge in [-0.1, -0.05) is 21.1 Å². The molecule has 5 nitrogen and oxygen atoms in total. The number of carboxylic acids is 1. The molecule has 0 unspecified atom stereocenters. The number of aromatic nitrogens is 3. The number of rotatable bonds is 5. The summed E-state index contributed by atoms with van der Waals surface area (Å²) in [4.78, 5) is 10.4. The molecule has 0 aliphatic carbocycles. The summed E-state index contributed by atoms with van der Waals surface area (Å²) in [6.07, 6.45) is 2.02. The third-order valence-electron chi connectivity index (χ3n) is 2.52. The van der Waals surface area contributed by atoms with Gasteiger partial charge in [0, 0.05) is 17.1 Å². The van der Waals surface area contributed by atoms with E-state index < -0.39 is 5.97 Å². The lowest BCUT2D eigenvalue weighted by molar-refractivity contribution is -0.136. The lowest BCUT2D eigenvalue weighted by Crippen LogP contribution is -2.01. The predicted octanol–water partition coefficient (Wildman–Crippen LogP) is 2.25. The van der Waals surface area contributed by atoms with Crippen molar-refractivity contribution < 1.29 is 14.3 Å². The molecule has 1 heterocycles. The van der Waals surface area contributed by atoms with E-state index >= 15 is 0 Å². The lowest BCUT2D eigenvalue weighted by atomic mass is 10.2. The van der Waals surface area contributed by atoms with Crippen molar-refractivity contribution in [3.8, 4) is 0 Å². The summed E-state index contributed by atoms with van der Waals surface area (Å²) in [5.41, 5.74) is 1.35. The highest BCUT2D eigenvalue weighted by Crippen LogP contribution is 2.18. The van der Waals surface area contributed by atoms with Crippen molar-refractivity contribution in [2.75, 3.05) is 0 Å². The molecule has 0 bridgehead atoms. The zero-order chi connectivity index (χ0) is 13.8. The number of aliphatic carboxylic acids is 1. The molecule has 2 aromatic rings. The molecule has 0 aliphatic rings. The molecule has 19 heavy (non-hydrogen) atoms. The summed E-state index contributed by atoms with van der Waals surface area (Å²) in [5, 5.41) is 16.3. The van der Waals surface area contributed by atoms with E-state index in [4.69, 9.17) is 5.11 Å². The van der Waals surface area contributed by atoms with Crippen LogP contribution in [-0.4, -0.2) is 26.1 Å². The summed E-state index contributed by atoms with van der Waals surface area (Å²) < 4.78 is 15.5. The van der Waals surface area contributed by atoms with Gasteiger partial charge in [-0.25, -0.2) is 9.07 Å². The Balaban J connectivity index is 2.07. The lowest BCUT2D eigenvalue weighted by Gasteiger charge is -2.03. The summed E-state index contributed by atoms with van der Waals surface area (Å²) in [6, 6.07) is 4.42. The molecule has 0 radical (unpaired) electrons. The predicted molar refractivity (Wildman–Crippen MR) is 69.2 cm³/mol. The normalized spacial score (nSPS) is 10.6. The molecule has 1 aromatic heterocycles. The number of nitrogens with zero attached hydrogens (tertiary/aromatic N) is 3.